The summed E-state index contributed by atoms with van der Waals surface area (Å²) in [5.41, 5.74) is 2.56. The molecule has 33 heavy (non-hydrogen) atoms. The van der Waals surface area contributed by atoms with Gasteiger partial charge in [-0.25, -0.2) is 4.98 Å². The Labute approximate surface area is 189 Å². The standard InChI is InChI=1S/C24H24F3N3O3/c1-14-20(32-2)9-6-16(21(14)33-3)12-30-11-10-18-19(13-30)28-22(29-23(18)31)15-4-7-17(8-5-15)24(25,26)27/h4-9H,10-13H2,1-3H3,(H,28,29,31). The molecule has 1 aliphatic heterocycles. The zero-order valence-corrected chi connectivity index (χ0v) is 18.5. The SMILES string of the molecule is COc1ccc(CN2CCc3c(nc(-c4ccc(C(F)(F)F)cc4)[nH]c3=O)C2)c(OC)c1C. The summed E-state index contributed by atoms with van der Waals surface area (Å²) in [7, 11) is 3.23. The molecule has 4 rings (SSSR count). The van der Waals surface area contributed by atoms with Crippen LogP contribution in [0.5, 0.6) is 11.5 Å². The molecule has 0 aliphatic carbocycles. The van der Waals surface area contributed by atoms with Gasteiger partial charge >= 0.3 is 6.18 Å². The number of fused-ring (bicyclic) bond motifs is 1. The van der Waals surface area contributed by atoms with Crippen LogP contribution in [-0.4, -0.2) is 35.6 Å². The third-order valence-electron chi connectivity index (χ3n) is 5.89. The summed E-state index contributed by atoms with van der Waals surface area (Å²) in [6.07, 6.45) is -3.89. The molecule has 3 aromatic rings. The van der Waals surface area contributed by atoms with E-state index >= 15 is 0 Å². The molecule has 6 nitrogen and oxygen atoms in total. The molecule has 0 unspecified atom stereocenters. The fourth-order valence-electron chi connectivity index (χ4n) is 4.18. The fourth-order valence-corrected chi connectivity index (χ4v) is 4.18. The molecule has 9 heteroatoms. The first kappa shape index (κ1) is 22.8. The van der Waals surface area contributed by atoms with Gasteiger partial charge in [0.05, 0.1) is 25.5 Å². The maximum Gasteiger partial charge on any atom is 0.416 e. The van der Waals surface area contributed by atoms with Crippen LogP contribution in [0.3, 0.4) is 0 Å². The maximum atomic E-state index is 12.9. The Balaban J connectivity index is 1.60. The van der Waals surface area contributed by atoms with E-state index in [9.17, 15) is 18.0 Å². The lowest BCUT2D eigenvalue weighted by atomic mass is 10.0. The van der Waals surface area contributed by atoms with Crippen LogP contribution in [-0.2, 0) is 25.7 Å². The summed E-state index contributed by atoms with van der Waals surface area (Å²) in [5.74, 6) is 1.76. The summed E-state index contributed by atoms with van der Waals surface area (Å²) in [6, 6.07) is 8.46. The summed E-state index contributed by atoms with van der Waals surface area (Å²) in [4.78, 5) is 22.1. The summed E-state index contributed by atoms with van der Waals surface area (Å²) in [6.45, 7) is 3.65. The van der Waals surface area contributed by atoms with Gasteiger partial charge in [0.15, 0.2) is 0 Å². The number of aromatic amines is 1. The maximum absolute atomic E-state index is 12.9. The van der Waals surface area contributed by atoms with Gasteiger partial charge in [0.1, 0.15) is 17.3 Å². The third-order valence-corrected chi connectivity index (χ3v) is 5.89. The van der Waals surface area contributed by atoms with Crippen LogP contribution in [0.25, 0.3) is 11.4 Å². The second kappa shape index (κ2) is 8.90. The molecular weight excluding hydrogens is 435 g/mol. The van der Waals surface area contributed by atoms with Crippen molar-refractivity contribution in [1.29, 1.82) is 0 Å². The predicted octanol–water partition coefficient (Wildman–Crippen LogP) is 4.34. The molecule has 2 heterocycles. The van der Waals surface area contributed by atoms with E-state index in [1.54, 1.807) is 14.2 Å². The number of benzene rings is 2. The molecule has 0 fully saturated rings. The van der Waals surface area contributed by atoms with Crippen LogP contribution >= 0.6 is 0 Å². The van der Waals surface area contributed by atoms with Crippen molar-refractivity contribution in [2.45, 2.75) is 32.6 Å². The highest BCUT2D eigenvalue weighted by molar-refractivity contribution is 5.56. The molecule has 0 saturated heterocycles. The smallest absolute Gasteiger partial charge is 0.416 e. The zero-order chi connectivity index (χ0) is 23.8. The van der Waals surface area contributed by atoms with Gasteiger partial charge in [-0.15, -0.1) is 0 Å². The number of halogens is 3. The van der Waals surface area contributed by atoms with E-state index < -0.39 is 11.7 Å². The van der Waals surface area contributed by atoms with Crippen molar-refractivity contribution in [2.24, 2.45) is 0 Å². The highest BCUT2D eigenvalue weighted by Gasteiger charge is 2.30. The average molecular weight is 459 g/mol. The molecule has 0 radical (unpaired) electrons. The van der Waals surface area contributed by atoms with Crippen molar-refractivity contribution in [2.75, 3.05) is 20.8 Å². The van der Waals surface area contributed by atoms with Gasteiger partial charge in [-0.3, -0.25) is 9.69 Å². The van der Waals surface area contributed by atoms with E-state index in [0.29, 0.717) is 42.9 Å². The molecule has 2 aromatic carbocycles. The summed E-state index contributed by atoms with van der Waals surface area (Å²) < 4.78 is 49.5. The number of hydrogen-bond donors (Lipinski definition) is 1. The highest BCUT2D eigenvalue weighted by atomic mass is 19.4. The van der Waals surface area contributed by atoms with E-state index in [1.807, 2.05) is 19.1 Å². The monoisotopic (exact) mass is 459 g/mol. The topological polar surface area (TPSA) is 67.5 Å². The van der Waals surface area contributed by atoms with E-state index in [-0.39, 0.29) is 11.4 Å². The second-order valence-electron chi connectivity index (χ2n) is 7.96. The summed E-state index contributed by atoms with van der Waals surface area (Å²) >= 11 is 0. The molecule has 0 atom stereocenters. The van der Waals surface area contributed by atoms with Crippen LogP contribution in [0.1, 0.15) is 27.9 Å². The molecule has 0 saturated carbocycles. The molecular formula is C24H24F3N3O3. The largest absolute Gasteiger partial charge is 0.496 e. The van der Waals surface area contributed by atoms with Crippen LogP contribution in [0.15, 0.2) is 41.2 Å². The van der Waals surface area contributed by atoms with Crippen LogP contribution in [0.2, 0.25) is 0 Å². The van der Waals surface area contributed by atoms with Gasteiger partial charge in [0.25, 0.3) is 5.56 Å². The van der Waals surface area contributed by atoms with Crippen molar-refractivity contribution < 1.29 is 22.6 Å². The number of rotatable bonds is 5. The number of alkyl halides is 3. The van der Waals surface area contributed by atoms with Crippen molar-refractivity contribution in [3.05, 3.63) is 74.7 Å². The number of nitrogens with one attached hydrogen (secondary N) is 1. The first-order valence-corrected chi connectivity index (χ1v) is 10.4. The number of methoxy groups -OCH3 is 2. The molecule has 0 bridgehead atoms. The zero-order valence-electron chi connectivity index (χ0n) is 18.5. The van der Waals surface area contributed by atoms with Crippen LogP contribution < -0.4 is 15.0 Å². The molecule has 174 valence electrons. The van der Waals surface area contributed by atoms with Gasteiger partial charge in [0.2, 0.25) is 0 Å². The number of nitrogens with zero attached hydrogens (tertiary/aromatic N) is 2. The van der Waals surface area contributed by atoms with E-state index in [1.165, 1.54) is 12.1 Å². The van der Waals surface area contributed by atoms with E-state index in [4.69, 9.17) is 9.47 Å². The minimum Gasteiger partial charge on any atom is -0.496 e. The number of H-pyrrole nitrogens is 1. The lowest BCUT2D eigenvalue weighted by molar-refractivity contribution is -0.137. The van der Waals surface area contributed by atoms with Gasteiger partial charge in [-0.1, -0.05) is 18.2 Å². The van der Waals surface area contributed by atoms with E-state index in [0.717, 1.165) is 34.8 Å². The Hall–Kier alpha value is -3.33. The Morgan fingerprint density at radius 2 is 1.82 bits per heavy atom. The Morgan fingerprint density at radius 3 is 2.45 bits per heavy atom. The minimum absolute atomic E-state index is 0.257. The predicted molar refractivity (Wildman–Crippen MR) is 117 cm³/mol. The van der Waals surface area contributed by atoms with Gasteiger partial charge in [-0.2, -0.15) is 13.2 Å². The lowest BCUT2D eigenvalue weighted by Crippen LogP contribution is -2.35. The number of aromatic nitrogens is 2. The van der Waals surface area contributed by atoms with Crippen molar-refractivity contribution in [3.63, 3.8) is 0 Å². The first-order chi connectivity index (χ1) is 15.7. The lowest BCUT2D eigenvalue weighted by Gasteiger charge is -2.28. The molecule has 1 aliphatic rings. The van der Waals surface area contributed by atoms with Crippen LogP contribution in [0, 0.1) is 6.92 Å². The average Bonchev–Trinajstić information content (AvgIpc) is 2.79. The van der Waals surface area contributed by atoms with E-state index in [2.05, 4.69) is 14.9 Å². The van der Waals surface area contributed by atoms with Gasteiger partial charge in [0, 0.05) is 41.9 Å². The summed E-state index contributed by atoms with van der Waals surface area (Å²) in [5, 5.41) is 0. The quantitative estimate of drug-likeness (QED) is 0.615. The second-order valence-corrected chi connectivity index (χ2v) is 7.96. The Kier molecular flexibility index (Phi) is 6.16. The van der Waals surface area contributed by atoms with Crippen molar-refractivity contribution in [3.8, 4) is 22.9 Å². The minimum atomic E-state index is -4.42. The molecule has 0 amide bonds. The molecule has 1 aromatic heterocycles. The van der Waals surface area contributed by atoms with Crippen LogP contribution in [0.4, 0.5) is 13.2 Å². The molecule has 0 spiro atoms. The fraction of sp³-hybridized carbons (Fsp3) is 0.333. The number of ether oxygens (including phenoxy) is 2. The third kappa shape index (κ3) is 4.59. The highest BCUT2D eigenvalue weighted by Crippen LogP contribution is 2.33. The molecule has 1 N–H and O–H groups in total. The van der Waals surface area contributed by atoms with Crippen molar-refractivity contribution in [1.82, 2.24) is 14.9 Å². The van der Waals surface area contributed by atoms with Gasteiger partial charge in [-0.05, 0) is 31.5 Å². The Morgan fingerprint density at radius 1 is 1.09 bits per heavy atom. The van der Waals surface area contributed by atoms with Crippen molar-refractivity contribution >= 4 is 0 Å². The normalized spacial score (nSPS) is 14.1. The first-order valence-electron chi connectivity index (χ1n) is 10.4. The van der Waals surface area contributed by atoms with Gasteiger partial charge < -0.3 is 14.5 Å². The number of hydrogen-bond acceptors (Lipinski definition) is 5. The Bertz CT molecular complexity index is 1220.